The van der Waals surface area contributed by atoms with Crippen LogP contribution in [0.3, 0.4) is 0 Å². The molecule has 7 nitrogen and oxygen atoms in total. The van der Waals surface area contributed by atoms with Gasteiger partial charge in [0.25, 0.3) is 5.91 Å². The number of aromatic amines is 1. The zero-order chi connectivity index (χ0) is 17.9. The fourth-order valence-electron chi connectivity index (χ4n) is 1.90. The number of ether oxygens (including phenoxy) is 1. The zero-order valence-corrected chi connectivity index (χ0v) is 14.7. The van der Waals surface area contributed by atoms with Crippen LogP contribution in [0.25, 0.3) is 0 Å². The van der Waals surface area contributed by atoms with Gasteiger partial charge in [-0.1, -0.05) is 18.2 Å². The van der Waals surface area contributed by atoms with Crippen molar-refractivity contribution in [1.82, 2.24) is 20.2 Å². The lowest BCUT2D eigenvalue weighted by molar-refractivity contribution is 0.0797. The first-order chi connectivity index (χ1) is 11.5. The van der Waals surface area contributed by atoms with Gasteiger partial charge in [-0.05, 0) is 33.5 Å². The van der Waals surface area contributed by atoms with Gasteiger partial charge in [-0.15, -0.1) is 0 Å². The van der Waals surface area contributed by atoms with E-state index in [4.69, 9.17) is 10.00 Å². The molecule has 0 saturated carbocycles. The van der Waals surface area contributed by atoms with E-state index in [0.29, 0.717) is 13.2 Å². The highest BCUT2D eigenvalue weighted by atomic mass is 16.5. The van der Waals surface area contributed by atoms with Crippen LogP contribution < -0.4 is 5.32 Å². The molecule has 0 aromatic carbocycles. The molecular weight excluding hydrogens is 306 g/mol. The summed E-state index contributed by atoms with van der Waals surface area (Å²) in [5.41, 5.74) is 1.24. The predicted octanol–water partition coefficient (Wildman–Crippen LogP) is 1.48. The van der Waals surface area contributed by atoms with Gasteiger partial charge in [-0.25, -0.2) is 4.98 Å². The Morgan fingerprint density at radius 1 is 1.58 bits per heavy atom. The molecular formula is C17H25N5O2. The van der Waals surface area contributed by atoms with E-state index in [1.807, 2.05) is 52.2 Å². The van der Waals surface area contributed by atoms with Gasteiger partial charge in [-0.3, -0.25) is 4.79 Å². The third-order valence-corrected chi connectivity index (χ3v) is 3.31. The summed E-state index contributed by atoms with van der Waals surface area (Å²) >= 11 is 0. The van der Waals surface area contributed by atoms with Crippen molar-refractivity contribution in [1.29, 1.82) is 5.26 Å². The van der Waals surface area contributed by atoms with Crippen LogP contribution >= 0.6 is 0 Å². The fourth-order valence-corrected chi connectivity index (χ4v) is 1.90. The molecule has 0 aliphatic rings. The largest absolute Gasteiger partial charge is 0.373 e. The molecule has 1 heterocycles. The maximum absolute atomic E-state index is 11.8. The molecule has 24 heavy (non-hydrogen) atoms. The Kier molecular flexibility index (Phi) is 8.47. The Balaban J connectivity index is 2.41. The number of nitrogens with zero attached hydrogens (tertiary/aromatic N) is 3. The number of aromatic nitrogens is 2. The average Bonchev–Trinajstić information content (AvgIpc) is 3.03. The number of likely N-dealkylation sites (N-methyl/N-ethyl adjacent to an activating group) is 1. The topological polar surface area (TPSA) is 94.0 Å². The number of allylic oxidation sites excluding steroid dienone is 1. The van der Waals surface area contributed by atoms with Gasteiger partial charge in [0.1, 0.15) is 6.07 Å². The molecule has 1 unspecified atom stereocenters. The maximum Gasteiger partial charge on any atom is 0.287 e. The number of imidazole rings is 1. The third kappa shape index (κ3) is 6.77. The van der Waals surface area contributed by atoms with Crippen molar-refractivity contribution in [2.24, 2.45) is 0 Å². The lowest BCUT2D eigenvalue weighted by atomic mass is 10.1. The minimum absolute atomic E-state index is 0.00911. The number of H-pyrrole nitrogens is 1. The molecule has 1 atom stereocenters. The molecule has 0 spiro atoms. The molecule has 0 fully saturated rings. The van der Waals surface area contributed by atoms with Crippen molar-refractivity contribution in [3.63, 3.8) is 0 Å². The first-order valence-electron chi connectivity index (χ1n) is 7.80. The van der Waals surface area contributed by atoms with E-state index in [0.717, 1.165) is 12.1 Å². The number of carbonyl (C=O) groups excluding carboxylic acids is 1. The second-order valence-corrected chi connectivity index (χ2v) is 5.46. The van der Waals surface area contributed by atoms with Gasteiger partial charge in [-0.2, -0.15) is 5.26 Å². The second-order valence-electron chi connectivity index (χ2n) is 5.46. The smallest absolute Gasteiger partial charge is 0.287 e. The van der Waals surface area contributed by atoms with Crippen molar-refractivity contribution in [2.75, 3.05) is 33.8 Å². The number of hydrogen-bond donors (Lipinski definition) is 2. The van der Waals surface area contributed by atoms with E-state index in [1.54, 1.807) is 0 Å². The van der Waals surface area contributed by atoms with Crippen LogP contribution in [0, 0.1) is 11.3 Å². The summed E-state index contributed by atoms with van der Waals surface area (Å²) in [5, 5.41) is 11.4. The molecule has 130 valence electrons. The normalized spacial score (nSPS) is 13.2. The van der Waals surface area contributed by atoms with Crippen LogP contribution in [0.2, 0.25) is 0 Å². The average molecular weight is 331 g/mol. The molecule has 2 N–H and O–H groups in total. The first kappa shape index (κ1) is 19.6. The van der Waals surface area contributed by atoms with Crippen LogP contribution in [0.1, 0.15) is 30.2 Å². The molecule has 0 aliphatic carbocycles. The summed E-state index contributed by atoms with van der Waals surface area (Å²) in [6, 6.07) is 1.87. The molecule has 0 aliphatic heterocycles. The summed E-state index contributed by atoms with van der Waals surface area (Å²) < 4.78 is 5.77. The fraction of sp³-hybridized carbons (Fsp3) is 0.471. The van der Waals surface area contributed by atoms with Crippen LogP contribution in [0.4, 0.5) is 0 Å². The van der Waals surface area contributed by atoms with Crippen LogP contribution in [0.5, 0.6) is 0 Å². The SMILES string of the molecule is C/C=C(\C=C/CNC(=O)c1nc(C#N)c[nH]1)C(C)OCCN(C)C. The lowest BCUT2D eigenvalue weighted by Gasteiger charge is -2.16. The Morgan fingerprint density at radius 2 is 2.33 bits per heavy atom. The highest BCUT2D eigenvalue weighted by Crippen LogP contribution is 2.08. The number of nitriles is 1. The van der Waals surface area contributed by atoms with Crippen molar-refractivity contribution in [2.45, 2.75) is 20.0 Å². The standard InChI is InChI=1S/C17H25N5O2/c1-5-14(13(2)24-10-9-22(3)4)7-6-8-19-17(23)16-20-12-15(11-18)21-16/h5-7,12-13H,8-10H2,1-4H3,(H,19,23)(H,20,21)/b7-6-,14-5+. The van der Waals surface area contributed by atoms with Crippen molar-refractivity contribution >= 4 is 5.91 Å². The highest BCUT2D eigenvalue weighted by Gasteiger charge is 2.09. The van der Waals surface area contributed by atoms with E-state index in [9.17, 15) is 4.79 Å². The summed E-state index contributed by atoms with van der Waals surface area (Å²) in [5.74, 6) is -0.218. The summed E-state index contributed by atoms with van der Waals surface area (Å²) in [4.78, 5) is 20.4. The van der Waals surface area contributed by atoms with Crippen molar-refractivity contribution < 1.29 is 9.53 Å². The summed E-state index contributed by atoms with van der Waals surface area (Å²) in [7, 11) is 4.01. The van der Waals surface area contributed by atoms with Crippen LogP contribution in [-0.4, -0.2) is 60.7 Å². The third-order valence-electron chi connectivity index (χ3n) is 3.31. The molecule has 0 radical (unpaired) electrons. The van der Waals surface area contributed by atoms with E-state index < -0.39 is 0 Å². The van der Waals surface area contributed by atoms with E-state index in [2.05, 4.69) is 20.2 Å². The number of amides is 1. The number of nitrogens with one attached hydrogen (secondary N) is 2. The molecule has 1 rings (SSSR count). The van der Waals surface area contributed by atoms with Gasteiger partial charge < -0.3 is 19.9 Å². The van der Waals surface area contributed by atoms with Gasteiger partial charge in [0.15, 0.2) is 11.5 Å². The van der Waals surface area contributed by atoms with Crippen LogP contribution in [-0.2, 0) is 4.74 Å². The summed E-state index contributed by atoms with van der Waals surface area (Å²) in [6.07, 6.45) is 7.17. The second kappa shape index (κ2) is 10.4. The van der Waals surface area contributed by atoms with Gasteiger partial charge in [0.05, 0.1) is 12.7 Å². The van der Waals surface area contributed by atoms with E-state index in [1.165, 1.54) is 6.20 Å². The Bertz CT molecular complexity index is 625. The van der Waals surface area contributed by atoms with Gasteiger partial charge in [0, 0.05) is 19.3 Å². The predicted molar refractivity (Wildman–Crippen MR) is 92.5 cm³/mol. The molecule has 7 heteroatoms. The quantitative estimate of drug-likeness (QED) is 0.669. The number of rotatable bonds is 9. The Hall–Kier alpha value is -2.43. The van der Waals surface area contributed by atoms with E-state index >= 15 is 0 Å². The number of carbonyl (C=O) groups is 1. The monoisotopic (exact) mass is 331 g/mol. The molecule has 0 bridgehead atoms. The first-order valence-corrected chi connectivity index (χ1v) is 7.80. The van der Waals surface area contributed by atoms with Crippen molar-refractivity contribution in [3.8, 4) is 6.07 Å². The van der Waals surface area contributed by atoms with Crippen LogP contribution in [0.15, 0.2) is 30.0 Å². The minimum atomic E-state index is -0.349. The molecule has 1 amide bonds. The lowest BCUT2D eigenvalue weighted by Crippen LogP contribution is -2.24. The van der Waals surface area contributed by atoms with Crippen molar-refractivity contribution in [3.05, 3.63) is 41.5 Å². The Labute approximate surface area is 143 Å². The maximum atomic E-state index is 11.8. The van der Waals surface area contributed by atoms with E-state index in [-0.39, 0.29) is 23.5 Å². The van der Waals surface area contributed by atoms with Gasteiger partial charge in [0.2, 0.25) is 0 Å². The molecule has 1 aromatic heterocycles. The zero-order valence-electron chi connectivity index (χ0n) is 14.7. The minimum Gasteiger partial charge on any atom is -0.373 e. The van der Waals surface area contributed by atoms with Gasteiger partial charge >= 0.3 is 0 Å². The highest BCUT2D eigenvalue weighted by molar-refractivity contribution is 5.90. The summed E-state index contributed by atoms with van der Waals surface area (Å²) in [6.45, 7) is 5.85. The molecule has 0 saturated heterocycles. The molecule has 1 aromatic rings. The Morgan fingerprint density at radius 3 is 2.92 bits per heavy atom. The number of hydrogen-bond acceptors (Lipinski definition) is 5.